The molecule has 1 N–H and O–H groups in total. The van der Waals surface area contributed by atoms with Gasteiger partial charge in [0.25, 0.3) is 5.91 Å². The van der Waals surface area contributed by atoms with Crippen LogP contribution in [0.4, 0.5) is 0 Å². The van der Waals surface area contributed by atoms with Crippen LogP contribution in [0, 0.1) is 0 Å². The van der Waals surface area contributed by atoms with Gasteiger partial charge in [0.05, 0.1) is 30.4 Å². The summed E-state index contributed by atoms with van der Waals surface area (Å²) in [6.07, 6.45) is 3.83. The van der Waals surface area contributed by atoms with E-state index in [4.69, 9.17) is 4.74 Å². The molecule has 2 aromatic heterocycles. The summed E-state index contributed by atoms with van der Waals surface area (Å²) in [5.74, 6) is 0.535. The van der Waals surface area contributed by atoms with Gasteiger partial charge in [-0.05, 0) is 48.4 Å². The van der Waals surface area contributed by atoms with E-state index in [1.807, 2.05) is 30.3 Å². The molecule has 8 nitrogen and oxygen atoms in total. The number of hydrogen-bond donors (Lipinski definition) is 1. The molecule has 0 saturated carbocycles. The maximum Gasteiger partial charge on any atom is 0.272 e. The van der Waals surface area contributed by atoms with Crippen molar-refractivity contribution in [2.75, 3.05) is 18.6 Å². The van der Waals surface area contributed by atoms with Crippen molar-refractivity contribution < 1.29 is 17.9 Å². The molecular weight excluding hydrogens is 404 g/mol. The minimum Gasteiger partial charge on any atom is -0.497 e. The highest BCUT2D eigenvalue weighted by Crippen LogP contribution is 2.31. The number of methoxy groups -OCH3 is 1. The number of nitrogens with zero attached hydrogens (tertiary/aromatic N) is 3. The fourth-order valence-corrected chi connectivity index (χ4v) is 5.20. The SMILES string of the molecule is COc1ccc(-c2cc(C(=O)NCc3cccnc3)nn2[C@H]2CCS(=O)(=O)C2)cc1. The topological polar surface area (TPSA) is 103 Å². The number of ether oxygens (including phenoxy) is 1. The second kappa shape index (κ2) is 8.27. The molecule has 1 aliphatic heterocycles. The highest BCUT2D eigenvalue weighted by molar-refractivity contribution is 7.91. The molecule has 1 saturated heterocycles. The molecule has 1 fully saturated rings. The third-order valence-corrected chi connectivity index (χ3v) is 6.83. The predicted molar refractivity (Wildman–Crippen MR) is 112 cm³/mol. The molecule has 156 valence electrons. The van der Waals surface area contributed by atoms with Crippen LogP contribution in [-0.2, 0) is 16.4 Å². The van der Waals surface area contributed by atoms with Crippen LogP contribution in [0.15, 0.2) is 54.9 Å². The molecule has 0 spiro atoms. The van der Waals surface area contributed by atoms with Gasteiger partial charge in [-0.25, -0.2) is 8.42 Å². The Bertz CT molecular complexity index is 1140. The standard InChI is InChI=1S/C21H22N4O4S/c1-29-18-6-4-16(5-7-18)20-11-19(21(26)23-13-15-3-2-9-22-12-15)24-25(20)17-8-10-30(27,28)14-17/h2-7,9,11-12,17H,8,10,13-14H2,1H3,(H,23,26)/t17-/m0/s1. The Morgan fingerprint density at radius 2 is 2.07 bits per heavy atom. The summed E-state index contributed by atoms with van der Waals surface area (Å²) >= 11 is 0. The smallest absolute Gasteiger partial charge is 0.272 e. The van der Waals surface area contributed by atoms with Gasteiger partial charge in [-0.1, -0.05) is 6.07 Å². The molecule has 0 aliphatic carbocycles. The minimum atomic E-state index is -3.10. The van der Waals surface area contributed by atoms with Crippen LogP contribution in [-0.4, -0.2) is 47.7 Å². The fraction of sp³-hybridized carbons (Fsp3) is 0.286. The van der Waals surface area contributed by atoms with Gasteiger partial charge in [-0.15, -0.1) is 0 Å². The Kier molecular flexibility index (Phi) is 5.54. The third-order valence-electron chi connectivity index (χ3n) is 5.08. The van der Waals surface area contributed by atoms with Gasteiger partial charge in [0.2, 0.25) is 0 Å². The zero-order valence-corrected chi connectivity index (χ0v) is 17.3. The van der Waals surface area contributed by atoms with Crippen molar-refractivity contribution in [1.82, 2.24) is 20.1 Å². The lowest BCUT2D eigenvalue weighted by atomic mass is 10.1. The first-order valence-corrected chi connectivity index (χ1v) is 11.4. The van der Waals surface area contributed by atoms with Crippen molar-refractivity contribution in [3.8, 4) is 17.0 Å². The van der Waals surface area contributed by atoms with Crippen molar-refractivity contribution in [2.24, 2.45) is 0 Å². The van der Waals surface area contributed by atoms with Gasteiger partial charge in [-0.3, -0.25) is 14.5 Å². The lowest BCUT2D eigenvalue weighted by Gasteiger charge is -2.13. The van der Waals surface area contributed by atoms with E-state index < -0.39 is 9.84 Å². The number of carbonyl (C=O) groups excluding carboxylic acids is 1. The van der Waals surface area contributed by atoms with E-state index in [0.717, 1.165) is 11.1 Å². The fourth-order valence-electron chi connectivity index (χ4n) is 3.50. The van der Waals surface area contributed by atoms with Crippen LogP contribution in [0.5, 0.6) is 5.75 Å². The molecule has 1 amide bonds. The molecule has 4 rings (SSSR count). The number of pyridine rings is 1. The van der Waals surface area contributed by atoms with Crippen molar-refractivity contribution in [3.05, 3.63) is 66.1 Å². The quantitative estimate of drug-likeness (QED) is 0.648. The van der Waals surface area contributed by atoms with E-state index >= 15 is 0 Å². The maximum absolute atomic E-state index is 12.7. The van der Waals surface area contributed by atoms with Crippen molar-refractivity contribution in [3.63, 3.8) is 0 Å². The Morgan fingerprint density at radius 3 is 2.70 bits per heavy atom. The zero-order chi connectivity index (χ0) is 21.1. The summed E-state index contributed by atoms with van der Waals surface area (Å²) in [5.41, 5.74) is 2.65. The molecule has 3 aromatic rings. The zero-order valence-electron chi connectivity index (χ0n) is 16.5. The van der Waals surface area contributed by atoms with Crippen LogP contribution < -0.4 is 10.1 Å². The number of sulfone groups is 1. The lowest BCUT2D eigenvalue weighted by Crippen LogP contribution is -2.24. The predicted octanol–water partition coefficient (Wildman–Crippen LogP) is 2.24. The van der Waals surface area contributed by atoms with Gasteiger partial charge in [0.1, 0.15) is 5.75 Å². The maximum atomic E-state index is 12.7. The average molecular weight is 426 g/mol. The second-order valence-corrected chi connectivity index (χ2v) is 9.42. The number of nitrogens with one attached hydrogen (secondary N) is 1. The largest absolute Gasteiger partial charge is 0.497 e. The molecule has 0 bridgehead atoms. The number of amides is 1. The van der Waals surface area contributed by atoms with Crippen molar-refractivity contribution >= 4 is 15.7 Å². The molecule has 1 aromatic carbocycles. The summed E-state index contributed by atoms with van der Waals surface area (Å²) in [5, 5.41) is 7.32. The number of benzene rings is 1. The molecule has 0 unspecified atom stereocenters. The van der Waals surface area contributed by atoms with E-state index in [2.05, 4.69) is 15.4 Å². The van der Waals surface area contributed by atoms with Gasteiger partial charge in [0.15, 0.2) is 15.5 Å². The number of carbonyl (C=O) groups is 1. The Labute approximate surface area is 174 Å². The van der Waals surface area contributed by atoms with Crippen molar-refractivity contribution in [2.45, 2.75) is 19.0 Å². The van der Waals surface area contributed by atoms with Crippen LogP contribution in [0.1, 0.15) is 28.5 Å². The molecule has 9 heteroatoms. The first-order valence-electron chi connectivity index (χ1n) is 9.57. The summed E-state index contributed by atoms with van der Waals surface area (Å²) in [6, 6.07) is 12.5. The van der Waals surface area contributed by atoms with E-state index in [1.54, 1.807) is 36.3 Å². The lowest BCUT2D eigenvalue weighted by molar-refractivity contribution is 0.0945. The van der Waals surface area contributed by atoms with Crippen LogP contribution in [0.2, 0.25) is 0 Å². The van der Waals surface area contributed by atoms with Crippen LogP contribution in [0.3, 0.4) is 0 Å². The van der Waals surface area contributed by atoms with Gasteiger partial charge in [0, 0.05) is 24.5 Å². The highest BCUT2D eigenvalue weighted by atomic mass is 32.2. The van der Waals surface area contributed by atoms with Crippen LogP contribution >= 0.6 is 0 Å². The Balaban J connectivity index is 1.63. The molecular formula is C21H22N4O4S. The first kappa shape index (κ1) is 20.1. The number of aromatic nitrogens is 3. The summed E-state index contributed by atoms with van der Waals surface area (Å²) < 4.78 is 30.9. The molecule has 1 atom stereocenters. The summed E-state index contributed by atoms with van der Waals surface area (Å²) in [7, 11) is -1.51. The normalized spacial score (nSPS) is 17.6. The van der Waals surface area contributed by atoms with Gasteiger partial charge < -0.3 is 10.1 Å². The van der Waals surface area contributed by atoms with Gasteiger partial charge >= 0.3 is 0 Å². The summed E-state index contributed by atoms with van der Waals surface area (Å²) in [6.45, 7) is 0.329. The Hall–Kier alpha value is -3.20. The molecule has 1 aliphatic rings. The van der Waals surface area contributed by atoms with E-state index in [0.29, 0.717) is 24.4 Å². The highest BCUT2D eigenvalue weighted by Gasteiger charge is 2.32. The molecule has 3 heterocycles. The summed E-state index contributed by atoms with van der Waals surface area (Å²) in [4.78, 5) is 16.7. The molecule has 30 heavy (non-hydrogen) atoms. The monoisotopic (exact) mass is 426 g/mol. The van der Waals surface area contributed by atoms with Crippen LogP contribution in [0.25, 0.3) is 11.3 Å². The second-order valence-electron chi connectivity index (χ2n) is 7.19. The van der Waals surface area contributed by atoms with E-state index in [-0.39, 0.29) is 29.1 Å². The third kappa shape index (κ3) is 4.35. The van der Waals surface area contributed by atoms with Gasteiger partial charge in [-0.2, -0.15) is 5.10 Å². The molecule has 0 radical (unpaired) electrons. The average Bonchev–Trinajstić information content (AvgIpc) is 3.36. The Morgan fingerprint density at radius 1 is 1.27 bits per heavy atom. The first-order chi connectivity index (χ1) is 14.4. The number of rotatable bonds is 6. The van der Waals surface area contributed by atoms with E-state index in [1.165, 1.54) is 0 Å². The van der Waals surface area contributed by atoms with E-state index in [9.17, 15) is 13.2 Å². The number of hydrogen-bond acceptors (Lipinski definition) is 6. The minimum absolute atomic E-state index is 0.0224. The van der Waals surface area contributed by atoms with Crippen molar-refractivity contribution in [1.29, 1.82) is 0 Å².